The predicted octanol–water partition coefficient (Wildman–Crippen LogP) is 4.82. The van der Waals surface area contributed by atoms with E-state index in [-0.39, 0.29) is 0 Å². The Kier molecular flexibility index (Phi) is 10.2. The van der Waals surface area contributed by atoms with Crippen LogP contribution < -0.4 is 10.1 Å². The molecule has 0 bridgehead atoms. The van der Waals surface area contributed by atoms with Crippen LogP contribution >= 0.6 is 15.9 Å². The summed E-state index contributed by atoms with van der Waals surface area (Å²) in [7, 11) is 5.77. The Bertz CT molecular complexity index is 1220. The summed E-state index contributed by atoms with van der Waals surface area (Å²) < 4.78 is 8.35. The van der Waals surface area contributed by atoms with Crippen molar-refractivity contribution in [3.8, 4) is 17.1 Å². The quantitative estimate of drug-likeness (QED) is 0.316. The van der Waals surface area contributed by atoms with Gasteiger partial charge < -0.3 is 10.1 Å². The molecule has 3 rings (SSSR count). The lowest BCUT2D eigenvalue weighted by molar-refractivity contribution is 0.232. The van der Waals surface area contributed by atoms with Crippen molar-refractivity contribution in [2.75, 3.05) is 33.8 Å². The standard InChI is InChI=1S/C23H31BrN8O.C2H6/c1-8-17-16-11-18(27-15(4)21(16)29-28-17)20-14(3)30-32(7)23(20)33-10-9-31(6)12-19(26-5)13(2)22(24)25;1-2/h8,11,25-26H,1,9-10,12H2,2-7H3,(H,28,29);1-2H3/b19-13-,25-22?;. The zero-order valence-electron chi connectivity index (χ0n) is 22.0. The Morgan fingerprint density at radius 3 is 2.63 bits per heavy atom. The van der Waals surface area contributed by atoms with Gasteiger partial charge in [-0.1, -0.05) is 20.4 Å². The number of allylic oxidation sites excluding steroid dienone is 1. The minimum absolute atomic E-state index is 0.378. The third kappa shape index (κ3) is 6.37. The van der Waals surface area contributed by atoms with Crippen LogP contribution in [0.4, 0.5) is 0 Å². The molecule has 0 aliphatic heterocycles. The van der Waals surface area contributed by atoms with Gasteiger partial charge in [0.15, 0.2) is 0 Å². The lowest BCUT2D eigenvalue weighted by Crippen LogP contribution is -2.30. The number of hydrogen-bond donors (Lipinski definition) is 3. The van der Waals surface area contributed by atoms with E-state index in [1.807, 2.05) is 61.8 Å². The second-order valence-electron chi connectivity index (χ2n) is 7.97. The molecule has 3 aromatic heterocycles. The number of fused-ring (bicyclic) bond motifs is 1. The molecule has 0 atom stereocenters. The maximum absolute atomic E-state index is 7.79. The monoisotopic (exact) mass is 544 g/mol. The molecule has 0 amide bonds. The first-order valence-corrected chi connectivity index (χ1v) is 12.4. The molecular formula is C25H37BrN8O. The summed E-state index contributed by atoms with van der Waals surface area (Å²) in [4.78, 5) is 6.93. The molecule has 0 saturated heterocycles. The summed E-state index contributed by atoms with van der Waals surface area (Å²) in [6, 6.07) is 2.01. The number of likely N-dealkylation sites (N-methyl/N-ethyl adjacent to an activating group) is 2. The number of aromatic nitrogens is 5. The van der Waals surface area contributed by atoms with Gasteiger partial charge in [-0.2, -0.15) is 10.2 Å². The summed E-state index contributed by atoms with van der Waals surface area (Å²) in [5.41, 5.74) is 6.92. The van der Waals surface area contributed by atoms with Crippen LogP contribution in [0.3, 0.4) is 0 Å². The molecule has 190 valence electrons. The topological polar surface area (TPSA) is 108 Å². The van der Waals surface area contributed by atoms with E-state index >= 15 is 0 Å². The van der Waals surface area contributed by atoms with Gasteiger partial charge in [0.2, 0.25) is 5.88 Å². The molecule has 3 heterocycles. The SMILES string of the molecule is C=Cc1[nH]nc2c(C)nc(-c3c(C)nn(C)c3OCCN(C)C/C(NC)=C(\C)C(=N)Br)cc12.CC. The van der Waals surface area contributed by atoms with Crippen molar-refractivity contribution in [3.05, 3.63) is 41.0 Å². The second kappa shape index (κ2) is 12.6. The van der Waals surface area contributed by atoms with E-state index < -0.39 is 0 Å². The number of aromatic amines is 1. The maximum atomic E-state index is 7.79. The number of nitrogens with zero attached hydrogens (tertiary/aromatic N) is 5. The fourth-order valence-corrected chi connectivity index (χ4v) is 3.97. The van der Waals surface area contributed by atoms with Gasteiger partial charge in [0, 0.05) is 43.8 Å². The number of aryl methyl sites for hydroxylation is 3. The van der Waals surface area contributed by atoms with E-state index in [0.717, 1.165) is 50.5 Å². The molecule has 35 heavy (non-hydrogen) atoms. The van der Waals surface area contributed by atoms with Crippen molar-refractivity contribution in [2.24, 2.45) is 7.05 Å². The molecular weight excluding hydrogens is 508 g/mol. The van der Waals surface area contributed by atoms with Crippen LogP contribution in [0.15, 0.2) is 23.9 Å². The third-order valence-electron chi connectivity index (χ3n) is 5.60. The zero-order valence-corrected chi connectivity index (χ0v) is 23.6. The van der Waals surface area contributed by atoms with Gasteiger partial charge in [-0.05, 0) is 55.9 Å². The number of nitrogens with one attached hydrogen (secondary N) is 3. The van der Waals surface area contributed by atoms with E-state index in [1.54, 1.807) is 10.8 Å². The van der Waals surface area contributed by atoms with Gasteiger partial charge in [-0.15, -0.1) is 0 Å². The van der Waals surface area contributed by atoms with E-state index in [2.05, 4.69) is 48.0 Å². The molecule has 0 fully saturated rings. The number of halogens is 1. The van der Waals surface area contributed by atoms with Crippen molar-refractivity contribution < 1.29 is 4.74 Å². The first-order valence-electron chi connectivity index (χ1n) is 11.6. The van der Waals surface area contributed by atoms with Gasteiger partial charge in [-0.3, -0.25) is 20.4 Å². The van der Waals surface area contributed by atoms with E-state index in [9.17, 15) is 0 Å². The van der Waals surface area contributed by atoms with E-state index in [1.165, 1.54) is 0 Å². The van der Waals surface area contributed by atoms with Crippen molar-refractivity contribution in [3.63, 3.8) is 0 Å². The lowest BCUT2D eigenvalue weighted by Gasteiger charge is -2.20. The highest BCUT2D eigenvalue weighted by Crippen LogP contribution is 2.34. The number of H-pyrrole nitrogens is 1. The fraction of sp³-hybridized carbons (Fsp3) is 0.440. The van der Waals surface area contributed by atoms with Crippen LogP contribution in [0.5, 0.6) is 5.88 Å². The first-order chi connectivity index (χ1) is 16.7. The molecule has 0 aliphatic carbocycles. The highest BCUT2D eigenvalue weighted by molar-refractivity contribution is 9.18. The van der Waals surface area contributed by atoms with Crippen LogP contribution in [-0.2, 0) is 7.05 Å². The van der Waals surface area contributed by atoms with Crippen LogP contribution in [0, 0.1) is 19.3 Å². The summed E-state index contributed by atoms with van der Waals surface area (Å²) in [6.07, 6.45) is 1.76. The average molecular weight is 546 g/mol. The number of rotatable bonds is 10. The predicted molar refractivity (Wildman–Crippen MR) is 148 cm³/mol. The molecule has 3 N–H and O–H groups in total. The minimum atomic E-state index is 0.378. The van der Waals surface area contributed by atoms with Crippen molar-refractivity contribution >= 4 is 37.5 Å². The van der Waals surface area contributed by atoms with Gasteiger partial charge in [0.1, 0.15) is 16.7 Å². The summed E-state index contributed by atoms with van der Waals surface area (Å²) >= 11 is 3.24. The Hall–Kier alpha value is -2.98. The third-order valence-corrected chi connectivity index (χ3v) is 6.19. The smallest absolute Gasteiger partial charge is 0.221 e. The Morgan fingerprint density at radius 1 is 1.34 bits per heavy atom. The highest BCUT2D eigenvalue weighted by Gasteiger charge is 2.20. The fourth-order valence-electron chi connectivity index (χ4n) is 3.73. The van der Waals surface area contributed by atoms with Crippen LogP contribution in [0.1, 0.15) is 37.9 Å². The van der Waals surface area contributed by atoms with E-state index in [4.69, 9.17) is 15.1 Å². The Morgan fingerprint density at radius 2 is 2.03 bits per heavy atom. The molecule has 10 heteroatoms. The highest BCUT2D eigenvalue weighted by atomic mass is 79.9. The zero-order chi connectivity index (χ0) is 26.3. The minimum Gasteiger partial charge on any atom is -0.476 e. The largest absolute Gasteiger partial charge is 0.476 e. The number of pyridine rings is 1. The molecule has 0 aliphatic rings. The molecule has 0 radical (unpaired) electrons. The van der Waals surface area contributed by atoms with Gasteiger partial charge in [0.05, 0.1) is 28.3 Å². The maximum Gasteiger partial charge on any atom is 0.221 e. The van der Waals surface area contributed by atoms with Gasteiger partial charge in [0.25, 0.3) is 0 Å². The Balaban J connectivity index is 0.00000210. The van der Waals surface area contributed by atoms with Crippen molar-refractivity contribution in [1.82, 2.24) is 35.2 Å². The Labute approximate surface area is 216 Å². The summed E-state index contributed by atoms with van der Waals surface area (Å²) in [5, 5.41) is 23.9. The molecule has 3 aromatic rings. The van der Waals surface area contributed by atoms with Crippen LogP contribution in [0.25, 0.3) is 28.2 Å². The van der Waals surface area contributed by atoms with E-state index in [0.29, 0.717) is 30.2 Å². The molecule has 9 nitrogen and oxygen atoms in total. The van der Waals surface area contributed by atoms with Crippen molar-refractivity contribution in [2.45, 2.75) is 34.6 Å². The van der Waals surface area contributed by atoms with Crippen molar-refractivity contribution in [1.29, 1.82) is 5.41 Å². The normalized spacial score (nSPS) is 11.7. The molecule has 0 unspecified atom stereocenters. The second-order valence-corrected chi connectivity index (χ2v) is 8.77. The average Bonchev–Trinajstić information content (AvgIpc) is 3.38. The molecule has 0 saturated carbocycles. The first kappa shape index (κ1) is 28.3. The lowest BCUT2D eigenvalue weighted by atomic mass is 10.1. The van der Waals surface area contributed by atoms with Crippen LogP contribution in [-0.4, -0.2) is 68.3 Å². The van der Waals surface area contributed by atoms with Gasteiger partial charge in [-0.25, -0.2) is 4.68 Å². The summed E-state index contributed by atoms with van der Waals surface area (Å²) in [5.74, 6) is 0.679. The molecule has 0 aromatic carbocycles. The summed E-state index contributed by atoms with van der Waals surface area (Å²) in [6.45, 7) is 15.6. The number of hydrogen-bond acceptors (Lipinski definition) is 7. The van der Waals surface area contributed by atoms with Gasteiger partial charge >= 0.3 is 0 Å². The van der Waals surface area contributed by atoms with Crippen LogP contribution in [0.2, 0.25) is 0 Å². The number of ether oxygens (including phenoxy) is 1. The molecule has 0 spiro atoms.